The summed E-state index contributed by atoms with van der Waals surface area (Å²) >= 11 is 7.96. The van der Waals surface area contributed by atoms with Gasteiger partial charge in [-0.25, -0.2) is 4.98 Å². The Morgan fingerprint density at radius 1 is 1.25 bits per heavy atom. The van der Waals surface area contributed by atoms with Crippen LogP contribution in [-0.4, -0.2) is 22.4 Å². The summed E-state index contributed by atoms with van der Waals surface area (Å²) in [6.07, 6.45) is 1.92. The molecular formula is C18H16ClN3OS. The minimum absolute atomic E-state index is 0.695. The Morgan fingerprint density at radius 3 is 2.96 bits per heavy atom. The van der Waals surface area contributed by atoms with Crippen LogP contribution in [0, 0.1) is 6.92 Å². The SMILES string of the molecule is COc1cccc(N2CSC=C2c2c(C)nc3ccc(Cl)cn23)c1. The van der Waals surface area contributed by atoms with Gasteiger partial charge < -0.3 is 9.64 Å². The van der Waals surface area contributed by atoms with Gasteiger partial charge >= 0.3 is 0 Å². The Kier molecular flexibility index (Phi) is 3.90. The fourth-order valence-corrected chi connectivity index (χ4v) is 4.01. The Morgan fingerprint density at radius 2 is 2.12 bits per heavy atom. The van der Waals surface area contributed by atoms with Crippen molar-refractivity contribution in [3.63, 3.8) is 0 Å². The molecule has 0 spiro atoms. The van der Waals surface area contributed by atoms with Gasteiger partial charge in [-0.3, -0.25) is 4.40 Å². The molecule has 0 fully saturated rings. The molecule has 0 amide bonds. The highest BCUT2D eigenvalue weighted by Crippen LogP contribution is 2.38. The molecule has 6 heteroatoms. The third kappa shape index (κ3) is 2.54. The van der Waals surface area contributed by atoms with Gasteiger partial charge in [-0.1, -0.05) is 17.7 Å². The summed E-state index contributed by atoms with van der Waals surface area (Å²) in [4.78, 5) is 6.93. The summed E-state index contributed by atoms with van der Waals surface area (Å²) in [6.45, 7) is 2.03. The number of hydrogen-bond acceptors (Lipinski definition) is 4. The number of ether oxygens (including phenoxy) is 1. The molecule has 0 saturated carbocycles. The third-order valence-corrected chi connectivity index (χ3v) is 5.07. The van der Waals surface area contributed by atoms with E-state index in [1.165, 1.54) is 0 Å². The number of rotatable bonds is 3. The zero-order valence-corrected chi connectivity index (χ0v) is 14.9. The molecule has 0 atom stereocenters. The molecule has 0 saturated heterocycles. The van der Waals surface area contributed by atoms with Crippen molar-refractivity contribution >= 4 is 40.4 Å². The van der Waals surface area contributed by atoms with E-state index in [0.717, 1.165) is 40.0 Å². The van der Waals surface area contributed by atoms with Crippen LogP contribution in [0.25, 0.3) is 11.3 Å². The smallest absolute Gasteiger partial charge is 0.137 e. The summed E-state index contributed by atoms with van der Waals surface area (Å²) in [5, 5.41) is 2.87. The molecule has 122 valence electrons. The topological polar surface area (TPSA) is 29.8 Å². The van der Waals surface area contributed by atoms with Crippen LogP contribution in [0.3, 0.4) is 0 Å². The van der Waals surface area contributed by atoms with Gasteiger partial charge in [0, 0.05) is 18.0 Å². The van der Waals surface area contributed by atoms with E-state index < -0.39 is 0 Å². The van der Waals surface area contributed by atoms with E-state index in [1.54, 1.807) is 18.9 Å². The van der Waals surface area contributed by atoms with Crippen LogP contribution in [-0.2, 0) is 0 Å². The van der Waals surface area contributed by atoms with Crippen molar-refractivity contribution < 1.29 is 4.74 Å². The normalized spacial score (nSPS) is 14.3. The number of fused-ring (bicyclic) bond motifs is 1. The van der Waals surface area contributed by atoms with Gasteiger partial charge in [0.25, 0.3) is 0 Å². The van der Waals surface area contributed by atoms with Crippen LogP contribution in [0.2, 0.25) is 5.02 Å². The highest BCUT2D eigenvalue weighted by atomic mass is 35.5. The van der Waals surface area contributed by atoms with E-state index in [9.17, 15) is 0 Å². The van der Waals surface area contributed by atoms with Crippen LogP contribution < -0.4 is 9.64 Å². The van der Waals surface area contributed by atoms with Gasteiger partial charge in [0.05, 0.1) is 35.1 Å². The highest BCUT2D eigenvalue weighted by molar-refractivity contribution is 8.02. The summed E-state index contributed by atoms with van der Waals surface area (Å²) < 4.78 is 7.42. The van der Waals surface area contributed by atoms with Crippen molar-refractivity contribution in [2.24, 2.45) is 0 Å². The van der Waals surface area contributed by atoms with E-state index in [4.69, 9.17) is 16.3 Å². The molecule has 2 aromatic heterocycles. The standard InChI is InChI=1S/C18H16ClN3OS/c1-12-18(21-9-13(19)6-7-17(21)20-12)16-10-24-11-22(16)14-4-3-5-15(8-14)23-2/h3-10H,11H2,1-2H3. The maximum absolute atomic E-state index is 6.20. The molecule has 0 radical (unpaired) electrons. The van der Waals surface area contributed by atoms with E-state index in [-0.39, 0.29) is 0 Å². The number of halogens is 1. The monoisotopic (exact) mass is 357 g/mol. The average Bonchev–Trinajstić information content (AvgIpc) is 3.18. The van der Waals surface area contributed by atoms with Gasteiger partial charge in [-0.15, -0.1) is 11.8 Å². The van der Waals surface area contributed by atoms with Crippen molar-refractivity contribution in [2.45, 2.75) is 6.92 Å². The fraction of sp³-hybridized carbons (Fsp3) is 0.167. The first-order chi connectivity index (χ1) is 11.7. The molecule has 4 nitrogen and oxygen atoms in total. The molecule has 3 heterocycles. The molecule has 1 aliphatic heterocycles. The van der Waals surface area contributed by atoms with Crippen LogP contribution in [0.15, 0.2) is 48.0 Å². The lowest BCUT2D eigenvalue weighted by molar-refractivity contribution is 0.415. The van der Waals surface area contributed by atoms with Crippen molar-refractivity contribution in [3.05, 3.63) is 64.4 Å². The van der Waals surface area contributed by atoms with E-state index in [1.807, 2.05) is 43.5 Å². The van der Waals surface area contributed by atoms with Gasteiger partial charge in [-0.05, 0) is 36.6 Å². The molecule has 0 unspecified atom stereocenters. The second kappa shape index (κ2) is 6.07. The Balaban J connectivity index is 1.83. The zero-order valence-electron chi connectivity index (χ0n) is 13.4. The molecule has 0 bridgehead atoms. The highest BCUT2D eigenvalue weighted by Gasteiger charge is 2.24. The lowest BCUT2D eigenvalue weighted by atomic mass is 10.2. The molecule has 24 heavy (non-hydrogen) atoms. The number of aromatic nitrogens is 2. The van der Waals surface area contributed by atoms with Crippen molar-refractivity contribution in [3.8, 4) is 5.75 Å². The number of anilines is 1. The van der Waals surface area contributed by atoms with Crippen molar-refractivity contribution in [2.75, 3.05) is 17.9 Å². The van der Waals surface area contributed by atoms with Crippen LogP contribution >= 0.6 is 23.4 Å². The first kappa shape index (κ1) is 15.4. The summed E-state index contributed by atoms with van der Waals surface area (Å²) in [5.74, 6) is 1.71. The van der Waals surface area contributed by atoms with Gasteiger partial charge in [-0.2, -0.15) is 0 Å². The summed E-state index contributed by atoms with van der Waals surface area (Å²) in [7, 11) is 1.69. The largest absolute Gasteiger partial charge is 0.497 e. The van der Waals surface area contributed by atoms with Crippen LogP contribution in [0.1, 0.15) is 11.4 Å². The van der Waals surface area contributed by atoms with E-state index in [2.05, 4.69) is 25.8 Å². The van der Waals surface area contributed by atoms with E-state index >= 15 is 0 Å². The minimum atomic E-state index is 0.695. The quantitative estimate of drug-likeness (QED) is 0.672. The molecule has 0 aliphatic carbocycles. The lowest BCUT2D eigenvalue weighted by Gasteiger charge is -2.22. The Labute approximate surface area is 149 Å². The Hall–Kier alpha value is -2.11. The number of hydrogen-bond donors (Lipinski definition) is 0. The van der Waals surface area contributed by atoms with E-state index in [0.29, 0.717) is 5.02 Å². The predicted molar refractivity (Wildman–Crippen MR) is 101 cm³/mol. The minimum Gasteiger partial charge on any atom is -0.497 e. The van der Waals surface area contributed by atoms with Crippen LogP contribution in [0.5, 0.6) is 5.75 Å². The second-order valence-electron chi connectivity index (χ2n) is 5.55. The molecule has 1 aromatic carbocycles. The number of aryl methyl sites for hydroxylation is 1. The summed E-state index contributed by atoms with van der Waals surface area (Å²) in [6, 6.07) is 11.9. The zero-order chi connectivity index (χ0) is 16.7. The molecule has 1 aliphatic rings. The fourth-order valence-electron chi connectivity index (χ4n) is 2.94. The molecule has 3 aromatic rings. The average molecular weight is 358 g/mol. The van der Waals surface area contributed by atoms with Gasteiger partial charge in [0.1, 0.15) is 11.4 Å². The van der Waals surface area contributed by atoms with Crippen LogP contribution in [0.4, 0.5) is 5.69 Å². The predicted octanol–water partition coefficient (Wildman–Crippen LogP) is 4.81. The van der Waals surface area contributed by atoms with Crippen molar-refractivity contribution in [1.82, 2.24) is 9.38 Å². The first-order valence-electron chi connectivity index (χ1n) is 7.55. The molecule has 0 N–H and O–H groups in total. The summed E-state index contributed by atoms with van der Waals surface area (Å²) in [5.41, 5.74) is 5.18. The number of thioether (sulfide) groups is 1. The third-order valence-electron chi connectivity index (χ3n) is 4.05. The van der Waals surface area contributed by atoms with Gasteiger partial charge in [0.2, 0.25) is 0 Å². The first-order valence-corrected chi connectivity index (χ1v) is 8.98. The number of imidazole rings is 1. The molecule has 4 rings (SSSR count). The Bertz CT molecular complexity index is 951. The van der Waals surface area contributed by atoms with Crippen molar-refractivity contribution in [1.29, 1.82) is 0 Å². The maximum atomic E-state index is 6.20. The van der Waals surface area contributed by atoms with Gasteiger partial charge in [0.15, 0.2) is 0 Å². The number of nitrogens with zero attached hydrogens (tertiary/aromatic N) is 3. The second-order valence-corrected chi connectivity index (χ2v) is 6.81. The number of pyridine rings is 1. The maximum Gasteiger partial charge on any atom is 0.137 e. The lowest BCUT2D eigenvalue weighted by Crippen LogP contribution is -2.18. The number of benzene rings is 1. The number of methoxy groups -OCH3 is 1. The molecular weight excluding hydrogens is 342 g/mol.